The molecule has 0 heterocycles. The van der Waals surface area contributed by atoms with Crippen LogP contribution in [0.3, 0.4) is 0 Å². The number of esters is 1. The van der Waals surface area contributed by atoms with E-state index < -0.39 is 11.5 Å². The number of thioether (sulfide) groups is 1. The minimum atomic E-state index is -4.27. The summed E-state index contributed by atoms with van der Waals surface area (Å²) >= 11 is -0.136. The molecule has 0 radical (unpaired) electrons. The van der Waals surface area contributed by atoms with Crippen LogP contribution in [0.25, 0.3) is 0 Å². The van der Waals surface area contributed by atoms with Crippen molar-refractivity contribution in [3.05, 3.63) is 23.8 Å². The average Bonchev–Trinajstić information content (AvgIpc) is 2.35. The molecule has 0 bridgehead atoms. The maximum Gasteiger partial charge on any atom is 0.441 e. The summed E-state index contributed by atoms with van der Waals surface area (Å²) in [5.74, 6) is -0.745. The molecule has 0 aliphatic rings. The highest BCUT2D eigenvalue weighted by molar-refractivity contribution is 8.00. The fourth-order valence-electron chi connectivity index (χ4n) is 1.49. The molecule has 0 fully saturated rings. The summed E-state index contributed by atoms with van der Waals surface area (Å²) in [7, 11) is 0. The topological polar surface area (TPSA) is 64.3 Å². The van der Waals surface area contributed by atoms with Crippen LogP contribution in [-0.4, -0.2) is 30.4 Å². The number of nitrogen functional groups attached to an aromatic ring is 1. The molecule has 1 aromatic carbocycles. The fourth-order valence-corrected chi connectivity index (χ4v) is 1.92. The maximum atomic E-state index is 12.0. The monoisotopic (exact) mass is 308 g/mol. The third kappa shape index (κ3) is 5.20. The summed E-state index contributed by atoms with van der Waals surface area (Å²) in [4.78, 5) is 11.7. The first-order valence-corrected chi connectivity index (χ1v) is 6.84. The number of anilines is 2. The molecule has 112 valence electrons. The van der Waals surface area contributed by atoms with E-state index in [1.54, 1.807) is 19.1 Å². The van der Waals surface area contributed by atoms with Crippen LogP contribution in [-0.2, 0) is 4.74 Å². The second-order valence-electron chi connectivity index (χ2n) is 3.71. The lowest BCUT2D eigenvalue weighted by molar-refractivity contribution is -0.0327. The van der Waals surface area contributed by atoms with Crippen molar-refractivity contribution in [2.24, 2.45) is 0 Å². The lowest BCUT2D eigenvalue weighted by Crippen LogP contribution is -2.14. The number of rotatable bonds is 6. The predicted octanol–water partition coefficient (Wildman–Crippen LogP) is 3.11. The van der Waals surface area contributed by atoms with Crippen LogP contribution >= 0.6 is 11.8 Å². The first-order valence-electron chi connectivity index (χ1n) is 5.85. The normalized spacial score (nSPS) is 11.2. The quantitative estimate of drug-likeness (QED) is 0.480. The molecule has 0 amide bonds. The number of hydrogen-bond donors (Lipinski definition) is 2. The zero-order valence-electron chi connectivity index (χ0n) is 10.8. The van der Waals surface area contributed by atoms with Crippen LogP contribution in [0.15, 0.2) is 18.2 Å². The van der Waals surface area contributed by atoms with Crippen molar-refractivity contribution >= 4 is 29.1 Å². The Kier molecular flexibility index (Phi) is 6.00. The zero-order chi connectivity index (χ0) is 15.2. The summed E-state index contributed by atoms with van der Waals surface area (Å²) in [5.41, 5.74) is 2.25. The van der Waals surface area contributed by atoms with Gasteiger partial charge in [-0.25, -0.2) is 4.79 Å². The van der Waals surface area contributed by atoms with Crippen LogP contribution in [0.5, 0.6) is 0 Å². The summed E-state index contributed by atoms with van der Waals surface area (Å²) in [6.07, 6.45) is 0. The number of carbonyl (C=O) groups is 1. The Morgan fingerprint density at radius 1 is 1.45 bits per heavy atom. The highest BCUT2D eigenvalue weighted by Gasteiger charge is 2.27. The van der Waals surface area contributed by atoms with Gasteiger partial charge in [0.1, 0.15) is 0 Å². The van der Waals surface area contributed by atoms with E-state index in [9.17, 15) is 18.0 Å². The van der Waals surface area contributed by atoms with Gasteiger partial charge in [0.05, 0.1) is 23.5 Å². The maximum absolute atomic E-state index is 12.0. The van der Waals surface area contributed by atoms with E-state index >= 15 is 0 Å². The van der Waals surface area contributed by atoms with E-state index in [0.717, 1.165) is 0 Å². The van der Waals surface area contributed by atoms with Crippen LogP contribution in [0.4, 0.5) is 24.5 Å². The third-order valence-electron chi connectivity index (χ3n) is 2.26. The van der Waals surface area contributed by atoms with E-state index in [0.29, 0.717) is 5.69 Å². The van der Waals surface area contributed by atoms with Crippen molar-refractivity contribution in [2.75, 3.05) is 30.0 Å². The van der Waals surface area contributed by atoms with Crippen LogP contribution in [0.2, 0.25) is 0 Å². The van der Waals surface area contributed by atoms with E-state index in [2.05, 4.69) is 5.32 Å². The van der Waals surface area contributed by atoms with Crippen LogP contribution in [0, 0.1) is 0 Å². The molecule has 0 saturated carbocycles. The molecule has 0 atom stereocenters. The Bertz CT molecular complexity index is 467. The SMILES string of the molecule is CCOC(=O)c1cccc(N)c1NCCSC(F)(F)F. The molecule has 0 spiro atoms. The number of hydrogen-bond acceptors (Lipinski definition) is 5. The van der Waals surface area contributed by atoms with Gasteiger partial charge in [-0.2, -0.15) is 13.2 Å². The summed E-state index contributed by atoms with van der Waals surface area (Å²) in [5, 5.41) is 2.75. The van der Waals surface area contributed by atoms with Gasteiger partial charge in [0.15, 0.2) is 0 Å². The molecule has 20 heavy (non-hydrogen) atoms. The first kappa shape index (κ1) is 16.5. The Hall–Kier alpha value is -1.57. The Morgan fingerprint density at radius 2 is 2.15 bits per heavy atom. The molecule has 8 heteroatoms. The number of alkyl halides is 3. The number of nitrogens with one attached hydrogen (secondary N) is 1. The smallest absolute Gasteiger partial charge is 0.441 e. The molecular weight excluding hydrogens is 293 g/mol. The molecule has 0 aliphatic heterocycles. The van der Waals surface area contributed by atoms with Crippen LogP contribution < -0.4 is 11.1 Å². The predicted molar refractivity (Wildman–Crippen MR) is 73.8 cm³/mol. The standard InChI is InChI=1S/C12H15F3N2O2S/c1-2-19-11(18)8-4-3-5-9(16)10(8)17-6-7-20-12(13,14)15/h3-5,17H,2,6-7,16H2,1H3. The summed E-state index contributed by atoms with van der Waals surface area (Å²) < 4.78 is 40.9. The highest BCUT2D eigenvalue weighted by atomic mass is 32.2. The van der Waals surface area contributed by atoms with E-state index in [4.69, 9.17) is 10.5 Å². The van der Waals surface area contributed by atoms with Gasteiger partial charge in [-0.3, -0.25) is 0 Å². The highest BCUT2D eigenvalue weighted by Crippen LogP contribution is 2.30. The van der Waals surface area contributed by atoms with Gasteiger partial charge in [0.2, 0.25) is 0 Å². The summed E-state index contributed by atoms with van der Waals surface area (Å²) in [6.45, 7) is 1.90. The van der Waals surface area contributed by atoms with E-state index in [1.165, 1.54) is 6.07 Å². The Balaban J connectivity index is 2.71. The molecule has 1 rings (SSSR count). The average molecular weight is 308 g/mol. The Morgan fingerprint density at radius 3 is 2.75 bits per heavy atom. The number of halogens is 3. The van der Waals surface area contributed by atoms with Crippen molar-refractivity contribution in [2.45, 2.75) is 12.4 Å². The molecule has 0 aliphatic carbocycles. The Labute approximate surface area is 118 Å². The van der Waals surface area contributed by atoms with E-state index in [-0.39, 0.29) is 41.9 Å². The first-order chi connectivity index (χ1) is 9.35. The second-order valence-corrected chi connectivity index (χ2v) is 4.87. The number of para-hydroxylation sites is 1. The van der Waals surface area contributed by atoms with Crippen molar-refractivity contribution in [3.63, 3.8) is 0 Å². The van der Waals surface area contributed by atoms with Gasteiger partial charge < -0.3 is 15.8 Å². The second kappa shape index (κ2) is 7.28. The number of carbonyl (C=O) groups excluding carboxylic acids is 1. The molecule has 0 unspecified atom stereocenters. The van der Waals surface area contributed by atoms with Crippen LogP contribution in [0.1, 0.15) is 17.3 Å². The molecule has 4 nitrogen and oxygen atoms in total. The molecule has 1 aromatic rings. The number of benzene rings is 1. The number of nitrogens with two attached hydrogens (primary N) is 1. The van der Waals surface area contributed by atoms with Gasteiger partial charge >= 0.3 is 11.5 Å². The van der Waals surface area contributed by atoms with Gasteiger partial charge in [0.25, 0.3) is 0 Å². The minimum absolute atomic E-state index is 0.0325. The van der Waals surface area contributed by atoms with Crippen molar-refractivity contribution in [3.8, 4) is 0 Å². The lowest BCUT2D eigenvalue weighted by atomic mass is 10.1. The zero-order valence-corrected chi connectivity index (χ0v) is 11.6. The largest absolute Gasteiger partial charge is 0.462 e. The fraction of sp³-hybridized carbons (Fsp3) is 0.417. The van der Waals surface area contributed by atoms with Gasteiger partial charge in [0, 0.05) is 12.3 Å². The van der Waals surface area contributed by atoms with Gasteiger partial charge in [-0.15, -0.1) is 0 Å². The summed E-state index contributed by atoms with van der Waals surface area (Å²) in [6, 6.07) is 4.65. The van der Waals surface area contributed by atoms with Crippen molar-refractivity contribution in [1.82, 2.24) is 0 Å². The third-order valence-corrected chi connectivity index (χ3v) is 3.00. The van der Waals surface area contributed by atoms with Gasteiger partial charge in [-0.05, 0) is 30.8 Å². The molecular formula is C12H15F3N2O2S. The number of ether oxygens (including phenoxy) is 1. The lowest BCUT2D eigenvalue weighted by Gasteiger charge is -2.14. The van der Waals surface area contributed by atoms with Crippen molar-refractivity contribution < 1.29 is 22.7 Å². The van der Waals surface area contributed by atoms with Crippen molar-refractivity contribution in [1.29, 1.82) is 0 Å². The van der Waals surface area contributed by atoms with Gasteiger partial charge in [-0.1, -0.05) is 6.07 Å². The van der Waals surface area contributed by atoms with E-state index in [1.807, 2.05) is 0 Å². The minimum Gasteiger partial charge on any atom is -0.462 e. The molecule has 3 N–H and O–H groups in total. The molecule has 0 aromatic heterocycles. The molecule has 0 saturated heterocycles.